The van der Waals surface area contributed by atoms with Gasteiger partial charge in [-0.3, -0.25) is 0 Å². The molecule has 2 heterocycles. The number of ether oxygens (including phenoxy) is 2. The molecule has 1 aromatic carbocycles. The summed E-state index contributed by atoms with van der Waals surface area (Å²) in [6, 6.07) is 4.24. The van der Waals surface area contributed by atoms with Crippen molar-refractivity contribution in [2.24, 2.45) is 0 Å². The molecule has 0 spiro atoms. The maximum absolute atomic E-state index is 12.3. The average molecular weight is 412 g/mol. The maximum atomic E-state index is 12.3. The summed E-state index contributed by atoms with van der Waals surface area (Å²) in [5, 5.41) is 5.02. The first-order valence-electron chi connectivity index (χ1n) is 6.49. The van der Waals surface area contributed by atoms with Crippen LogP contribution >= 0.6 is 22.6 Å². The number of hydrogen-bond donors (Lipinski definition) is 0. The van der Waals surface area contributed by atoms with E-state index in [2.05, 4.69) is 9.84 Å². The van der Waals surface area contributed by atoms with Crippen LogP contribution in [0.5, 0.6) is 5.75 Å². The number of hydrogen-bond acceptors (Lipinski definition) is 3. The van der Waals surface area contributed by atoms with Crippen molar-refractivity contribution in [2.75, 3.05) is 6.61 Å². The molecule has 1 fully saturated rings. The topological polar surface area (TPSA) is 36.3 Å². The third-order valence-electron chi connectivity index (χ3n) is 3.29. The molecule has 3 rings (SSSR count). The van der Waals surface area contributed by atoms with E-state index >= 15 is 0 Å². The average Bonchev–Trinajstić information content (AvgIpc) is 2.75. The van der Waals surface area contributed by atoms with E-state index in [0.29, 0.717) is 15.7 Å². The molecule has 8 heteroatoms. The molecular formula is C13H12F3IN2O2. The largest absolute Gasteiger partial charge is 0.573 e. The first-order valence-corrected chi connectivity index (χ1v) is 7.57. The highest BCUT2D eigenvalue weighted by Crippen LogP contribution is 2.32. The lowest BCUT2D eigenvalue weighted by atomic mass is 10.2. The predicted molar refractivity (Wildman–Crippen MR) is 78.0 cm³/mol. The van der Waals surface area contributed by atoms with Gasteiger partial charge in [0.25, 0.3) is 0 Å². The summed E-state index contributed by atoms with van der Waals surface area (Å²) in [6.45, 7) is 0.678. The molecule has 2 aromatic rings. The smallest absolute Gasteiger partial charge is 0.406 e. The normalized spacial score (nSPS) is 19.9. The Morgan fingerprint density at radius 2 is 2.14 bits per heavy atom. The first-order chi connectivity index (χ1) is 9.94. The third kappa shape index (κ3) is 3.25. The van der Waals surface area contributed by atoms with Gasteiger partial charge in [0.05, 0.1) is 5.52 Å². The van der Waals surface area contributed by atoms with Gasteiger partial charge in [0.1, 0.15) is 9.45 Å². The van der Waals surface area contributed by atoms with Crippen LogP contribution in [0.4, 0.5) is 13.2 Å². The Bertz CT molecular complexity index is 651. The van der Waals surface area contributed by atoms with Gasteiger partial charge in [0.15, 0.2) is 6.23 Å². The van der Waals surface area contributed by atoms with Crippen molar-refractivity contribution < 1.29 is 22.6 Å². The minimum Gasteiger partial charge on any atom is -0.406 e. The molecule has 1 aliphatic heterocycles. The summed E-state index contributed by atoms with van der Waals surface area (Å²) in [6.07, 6.45) is -1.91. The lowest BCUT2D eigenvalue weighted by Gasteiger charge is -2.23. The fourth-order valence-electron chi connectivity index (χ4n) is 2.42. The SMILES string of the molecule is FC(F)(F)Oc1ccc2c(c1)c(I)nn2C1CCCCO1. The van der Waals surface area contributed by atoms with Crippen LogP contribution in [0.3, 0.4) is 0 Å². The van der Waals surface area contributed by atoms with E-state index in [-0.39, 0.29) is 12.0 Å². The third-order valence-corrected chi connectivity index (χ3v) is 4.09. The lowest BCUT2D eigenvalue weighted by molar-refractivity contribution is -0.274. The van der Waals surface area contributed by atoms with Gasteiger partial charge >= 0.3 is 6.36 Å². The Morgan fingerprint density at radius 1 is 1.33 bits per heavy atom. The van der Waals surface area contributed by atoms with Gasteiger partial charge < -0.3 is 9.47 Å². The maximum Gasteiger partial charge on any atom is 0.573 e. The van der Waals surface area contributed by atoms with Crippen molar-refractivity contribution in [1.29, 1.82) is 0 Å². The van der Waals surface area contributed by atoms with Crippen LogP contribution in [0.15, 0.2) is 18.2 Å². The van der Waals surface area contributed by atoms with E-state index in [1.165, 1.54) is 12.1 Å². The van der Waals surface area contributed by atoms with Crippen LogP contribution in [-0.2, 0) is 4.74 Å². The molecule has 1 aliphatic rings. The molecule has 114 valence electrons. The molecule has 1 aromatic heterocycles. The second-order valence-corrected chi connectivity index (χ2v) is 5.81. The van der Waals surface area contributed by atoms with Gasteiger partial charge in [-0.05, 0) is 60.1 Å². The second kappa shape index (κ2) is 5.64. The summed E-state index contributed by atoms with van der Waals surface area (Å²) in [4.78, 5) is 0. The van der Waals surface area contributed by atoms with Gasteiger partial charge in [-0.2, -0.15) is 5.10 Å². The minimum atomic E-state index is -4.69. The highest BCUT2D eigenvalue weighted by Gasteiger charge is 2.31. The van der Waals surface area contributed by atoms with Crippen molar-refractivity contribution in [1.82, 2.24) is 9.78 Å². The first kappa shape index (κ1) is 14.9. The van der Waals surface area contributed by atoms with Crippen LogP contribution < -0.4 is 4.74 Å². The molecule has 1 saturated heterocycles. The Morgan fingerprint density at radius 3 is 2.81 bits per heavy atom. The summed E-state index contributed by atoms with van der Waals surface area (Å²) in [5.41, 5.74) is 0.751. The van der Waals surface area contributed by atoms with Crippen LogP contribution in [0.1, 0.15) is 25.5 Å². The molecule has 0 N–H and O–H groups in total. The van der Waals surface area contributed by atoms with Crippen molar-refractivity contribution in [3.63, 3.8) is 0 Å². The van der Waals surface area contributed by atoms with Crippen LogP contribution in [0, 0.1) is 3.70 Å². The Labute approximate surface area is 132 Å². The monoisotopic (exact) mass is 412 g/mol. The molecular weight excluding hydrogens is 400 g/mol. The highest BCUT2D eigenvalue weighted by molar-refractivity contribution is 14.1. The summed E-state index contributed by atoms with van der Waals surface area (Å²) in [7, 11) is 0. The molecule has 1 unspecified atom stereocenters. The van der Waals surface area contributed by atoms with Gasteiger partial charge in [-0.1, -0.05) is 0 Å². The lowest BCUT2D eigenvalue weighted by Crippen LogP contribution is -2.19. The summed E-state index contributed by atoms with van der Waals surface area (Å²) in [5.74, 6) is -0.239. The zero-order valence-electron chi connectivity index (χ0n) is 10.9. The van der Waals surface area contributed by atoms with E-state index < -0.39 is 6.36 Å². The molecule has 0 aliphatic carbocycles. The molecule has 1 atom stereocenters. The van der Waals surface area contributed by atoms with Gasteiger partial charge in [0, 0.05) is 12.0 Å². The van der Waals surface area contributed by atoms with E-state index in [1.54, 1.807) is 10.7 Å². The van der Waals surface area contributed by atoms with Crippen molar-refractivity contribution in [3.05, 3.63) is 21.9 Å². The van der Waals surface area contributed by atoms with Crippen LogP contribution in [0.25, 0.3) is 10.9 Å². The van der Waals surface area contributed by atoms with E-state index in [0.717, 1.165) is 24.8 Å². The van der Waals surface area contributed by atoms with Crippen LogP contribution in [0.2, 0.25) is 0 Å². The van der Waals surface area contributed by atoms with E-state index in [9.17, 15) is 13.2 Å². The van der Waals surface area contributed by atoms with Gasteiger partial charge in [-0.25, -0.2) is 4.68 Å². The Hall–Kier alpha value is -1.03. The molecule has 0 amide bonds. The number of aromatic nitrogens is 2. The zero-order chi connectivity index (χ0) is 15.0. The van der Waals surface area contributed by atoms with Gasteiger partial charge in [0.2, 0.25) is 0 Å². The molecule has 0 radical (unpaired) electrons. The van der Waals surface area contributed by atoms with Gasteiger partial charge in [-0.15, -0.1) is 13.2 Å². The number of rotatable bonds is 2. The molecule has 4 nitrogen and oxygen atoms in total. The Balaban J connectivity index is 1.97. The number of nitrogens with zero attached hydrogens (tertiary/aromatic N) is 2. The second-order valence-electron chi connectivity index (χ2n) is 4.78. The van der Waals surface area contributed by atoms with E-state index in [4.69, 9.17) is 4.74 Å². The quantitative estimate of drug-likeness (QED) is 0.693. The summed E-state index contributed by atoms with van der Waals surface area (Å²) >= 11 is 2.00. The highest BCUT2D eigenvalue weighted by atomic mass is 127. The predicted octanol–water partition coefficient (Wildman–Crippen LogP) is 4.24. The standard InChI is InChI=1S/C13H12F3IN2O2/c14-13(15,16)21-8-4-5-10-9(7-8)12(17)18-19(10)11-3-1-2-6-20-11/h4-5,7,11H,1-3,6H2. The number of halogens is 4. The van der Waals surface area contributed by atoms with Crippen molar-refractivity contribution in [2.45, 2.75) is 31.9 Å². The number of alkyl halides is 3. The molecule has 0 bridgehead atoms. The minimum absolute atomic E-state index is 0.154. The number of fused-ring (bicyclic) bond motifs is 1. The molecule has 21 heavy (non-hydrogen) atoms. The van der Waals surface area contributed by atoms with E-state index in [1.807, 2.05) is 22.6 Å². The molecule has 0 saturated carbocycles. The van der Waals surface area contributed by atoms with Crippen molar-refractivity contribution >= 4 is 33.5 Å². The van der Waals surface area contributed by atoms with Crippen molar-refractivity contribution in [3.8, 4) is 5.75 Å². The summed E-state index contributed by atoms with van der Waals surface area (Å²) < 4.78 is 48.8. The fraction of sp³-hybridized carbons (Fsp3) is 0.462. The van der Waals surface area contributed by atoms with Crippen LogP contribution in [-0.4, -0.2) is 22.7 Å². The Kier molecular flexibility index (Phi) is 4.00. The zero-order valence-corrected chi connectivity index (χ0v) is 13.0. The fourth-order valence-corrected chi connectivity index (χ4v) is 3.08. The number of benzene rings is 1.